The largest absolute Gasteiger partial charge is 0.573 e. The van der Waals surface area contributed by atoms with E-state index in [1.165, 1.54) is 12.1 Å². The topological polar surface area (TPSA) is 107 Å². The highest BCUT2D eigenvalue weighted by Crippen LogP contribution is 2.23. The van der Waals surface area contributed by atoms with Crippen LogP contribution in [0.4, 0.5) is 32.4 Å². The van der Waals surface area contributed by atoms with Crippen molar-refractivity contribution < 1.29 is 36.6 Å². The summed E-state index contributed by atoms with van der Waals surface area (Å²) in [6, 6.07) is 3.75. The standard InChI is InChI=1S/C16H22F5N5O3/c1-9-6-12(22-7-15(17,18)8-27)25-13(23-9)26-14(28)24-10-2-4-11(5-3-10)29-16(19,20)21/h2-5,9,12-13,22-23,25,27H,6-8H2,1H3,(H2,24,26,28). The third kappa shape index (κ3) is 8.35. The normalized spacial score (nSPS) is 22.8. The van der Waals surface area contributed by atoms with Crippen molar-refractivity contribution in [2.24, 2.45) is 0 Å². The van der Waals surface area contributed by atoms with Crippen LogP contribution in [0, 0.1) is 0 Å². The van der Waals surface area contributed by atoms with Gasteiger partial charge in [0.05, 0.1) is 12.7 Å². The summed E-state index contributed by atoms with van der Waals surface area (Å²) in [5.74, 6) is -3.69. The van der Waals surface area contributed by atoms with E-state index in [0.29, 0.717) is 6.42 Å². The van der Waals surface area contributed by atoms with Crippen LogP contribution in [-0.4, -0.2) is 55.1 Å². The Kier molecular flexibility index (Phi) is 7.57. The van der Waals surface area contributed by atoms with Gasteiger partial charge in [-0.1, -0.05) is 0 Å². The quantitative estimate of drug-likeness (QED) is 0.369. The first-order valence-corrected chi connectivity index (χ1v) is 8.63. The third-order valence-electron chi connectivity index (χ3n) is 3.87. The fourth-order valence-corrected chi connectivity index (χ4v) is 2.62. The van der Waals surface area contributed by atoms with Crippen molar-refractivity contribution in [2.45, 2.75) is 44.1 Å². The van der Waals surface area contributed by atoms with E-state index < -0.39 is 49.7 Å². The molecule has 1 aliphatic rings. The lowest BCUT2D eigenvalue weighted by Gasteiger charge is -2.37. The second-order valence-corrected chi connectivity index (χ2v) is 6.52. The molecule has 3 atom stereocenters. The van der Waals surface area contributed by atoms with Gasteiger partial charge in [-0.25, -0.2) is 13.6 Å². The van der Waals surface area contributed by atoms with Gasteiger partial charge in [0, 0.05) is 11.7 Å². The fraction of sp³-hybridized carbons (Fsp3) is 0.562. The van der Waals surface area contributed by atoms with Crippen molar-refractivity contribution in [2.75, 3.05) is 18.5 Å². The highest BCUT2D eigenvalue weighted by atomic mass is 19.4. The van der Waals surface area contributed by atoms with Crippen LogP contribution in [0.25, 0.3) is 0 Å². The summed E-state index contributed by atoms with van der Waals surface area (Å²) < 4.78 is 66.5. The van der Waals surface area contributed by atoms with Crippen LogP contribution in [0.2, 0.25) is 0 Å². The molecule has 1 aromatic rings. The van der Waals surface area contributed by atoms with Gasteiger partial charge in [0.15, 0.2) is 0 Å². The molecule has 1 aromatic carbocycles. The van der Waals surface area contributed by atoms with Gasteiger partial charge in [0.1, 0.15) is 18.6 Å². The van der Waals surface area contributed by atoms with E-state index in [1.54, 1.807) is 6.92 Å². The van der Waals surface area contributed by atoms with Crippen LogP contribution < -0.4 is 31.3 Å². The van der Waals surface area contributed by atoms with Crippen molar-refractivity contribution in [1.29, 1.82) is 0 Å². The van der Waals surface area contributed by atoms with E-state index in [2.05, 4.69) is 31.3 Å². The number of urea groups is 1. The zero-order chi connectivity index (χ0) is 21.7. The number of benzene rings is 1. The summed E-state index contributed by atoms with van der Waals surface area (Å²) in [5, 5.41) is 22.0. The van der Waals surface area contributed by atoms with Crippen LogP contribution in [0.5, 0.6) is 5.75 Å². The van der Waals surface area contributed by atoms with Crippen molar-refractivity contribution in [1.82, 2.24) is 21.3 Å². The van der Waals surface area contributed by atoms with E-state index in [9.17, 15) is 26.7 Å². The van der Waals surface area contributed by atoms with Gasteiger partial charge in [-0.15, -0.1) is 13.2 Å². The summed E-state index contributed by atoms with van der Waals surface area (Å²) in [5.41, 5.74) is 0.221. The maximum Gasteiger partial charge on any atom is 0.573 e. The minimum atomic E-state index is -4.81. The van der Waals surface area contributed by atoms with Gasteiger partial charge in [-0.2, -0.15) is 0 Å². The van der Waals surface area contributed by atoms with E-state index in [0.717, 1.165) is 12.1 Å². The number of hydrogen-bond donors (Lipinski definition) is 6. The van der Waals surface area contributed by atoms with Gasteiger partial charge < -0.3 is 20.5 Å². The number of amides is 2. The molecule has 1 aliphatic heterocycles. The number of halogens is 5. The molecule has 2 rings (SSSR count). The second kappa shape index (κ2) is 9.52. The van der Waals surface area contributed by atoms with Gasteiger partial charge in [-0.05, 0) is 37.6 Å². The highest BCUT2D eigenvalue weighted by molar-refractivity contribution is 5.89. The Morgan fingerprint density at radius 3 is 2.45 bits per heavy atom. The Morgan fingerprint density at radius 1 is 1.21 bits per heavy atom. The molecule has 1 saturated heterocycles. The Bertz CT molecular complexity index is 674. The first-order valence-electron chi connectivity index (χ1n) is 8.63. The maximum absolute atomic E-state index is 13.2. The van der Waals surface area contributed by atoms with Gasteiger partial charge in [0.25, 0.3) is 5.92 Å². The molecule has 0 bridgehead atoms. The number of aliphatic hydroxyl groups excluding tert-OH is 1. The number of carbonyl (C=O) groups excluding carboxylic acids is 1. The summed E-state index contributed by atoms with van der Waals surface area (Å²) in [4.78, 5) is 12.1. The predicted molar refractivity (Wildman–Crippen MR) is 93.2 cm³/mol. The number of carbonyl (C=O) groups is 1. The van der Waals surface area contributed by atoms with Crippen LogP contribution in [-0.2, 0) is 0 Å². The first kappa shape index (κ1) is 23.1. The molecule has 2 amide bonds. The lowest BCUT2D eigenvalue weighted by Crippen LogP contribution is -2.68. The predicted octanol–water partition coefficient (Wildman–Crippen LogP) is 1.51. The summed E-state index contributed by atoms with van der Waals surface area (Å²) >= 11 is 0. The molecule has 13 heteroatoms. The van der Waals surface area contributed by atoms with E-state index >= 15 is 0 Å². The van der Waals surface area contributed by atoms with Gasteiger partial charge in [0.2, 0.25) is 0 Å². The maximum atomic E-state index is 13.2. The summed E-state index contributed by atoms with van der Waals surface area (Å²) in [7, 11) is 0. The number of ether oxygens (including phenoxy) is 1. The zero-order valence-electron chi connectivity index (χ0n) is 15.3. The SMILES string of the molecule is CC1CC(NCC(F)(F)CO)NC(NC(=O)Nc2ccc(OC(F)(F)F)cc2)N1. The molecule has 3 unspecified atom stereocenters. The van der Waals surface area contributed by atoms with Crippen molar-refractivity contribution in [3.8, 4) is 5.75 Å². The van der Waals surface area contributed by atoms with Crippen LogP contribution in [0.3, 0.4) is 0 Å². The van der Waals surface area contributed by atoms with E-state index in [-0.39, 0.29) is 11.7 Å². The van der Waals surface area contributed by atoms with E-state index in [4.69, 9.17) is 5.11 Å². The molecular formula is C16H22F5N5O3. The molecule has 1 fully saturated rings. The smallest absolute Gasteiger partial charge is 0.406 e. The molecule has 29 heavy (non-hydrogen) atoms. The molecule has 6 N–H and O–H groups in total. The minimum absolute atomic E-state index is 0.124. The van der Waals surface area contributed by atoms with Crippen molar-refractivity contribution >= 4 is 11.7 Å². The number of nitrogens with one attached hydrogen (secondary N) is 5. The molecule has 0 aromatic heterocycles. The fourth-order valence-electron chi connectivity index (χ4n) is 2.62. The Labute approximate surface area is 163 Å². The minimum Gasteiger partial charge on any atom is -0.406 e. The van der Waals surface area contributed by atoms with Crippen molar-refractivity contribution in [3.63, 3.8) is 0 Å². The second-order valence-electron chi connectivity index (χ2n) is 6.52. The molecular weight excluding hydrogens is 405 g/mol. The highest BCUT2D eigenvalue weighted by Gasteiger charge is 2.32. The van der Waals surface area contributed by atoms with Crippen molar-refractivity contribution in [3.05, 3.63) is 24.3 Å². The number of alkyl halides is 5. The lowest BCUT2D eigenvalue weighted by atomic mass is 10.1. The Morgan fingerprint density at radius 2 is 1.86 bits per heavy atom. The van der Waals surface area contributed by atoms with Crippen LogP contribution in [0.15, 0.2) is 24.3 Å². The molecule has 0 saturated carbocycles. The number of aliphatic hydroxyl groups is 1. The molecule has 164 valence electrons. The van der Waals surface area contributed by atoms with E-state index in [1.807, 2.05) is 0 Å². The average molecular weight is 427 g/mol. The lowest BCUT2D eigenvalue weighted by molar-refractivity contribution is -0.274. The molecule has 8 nitrogen and oxygen atoms in total. The summed E-state index contributed by atoms with van der Waals surface area (Å²) in [6.07, 6.45) is -5.67. The number of rotatable bonds is 7. The zero-order valence-corrected chi connectivity index (χ0v) is 15.3. The third-order valence-corrected chi connectivity index (χ3v) is 3.87. The molecule has 0 spiro atoms. The molecule has 1 heterocycles. The number of anilines is 1. The Balaban J connectivity index is 1.84. The van der Waals surface area contributed by atoms with Crippen LogP contribution >= 0.6 is 0 Å². The van der Waals surface area contributed by atoms with Gasteiger partial charge in [-0.3, -0.25) is 16.0 Å². The number of hydrogen-bond acceptors (Lipinski definition) is 6. The Hall–Kier alpha value is -2.22. The van der Waals surface area contributed by atoms with Gasteiger partial charge >= 0.3 is 12.4 Å². The summed E-state index contributed by atoms with van der Waals surface area (Å²) in [6.45, 7) is -0.220. The average Bonchev–Trinajstić information content (AvgIpc) is 2.60. The first-order chi connectivity index (χ1) is 13.5. The molecule has 0 radical (unpaired) electrons. The van der Waals surface area contributed by atoms with Crippen LogP contribution in [0.1, 0.15) is 13.3 Å². The molecule has 0 aliphatic carbocycles. The monoisotopic (exact) mass is 427 g/mol.